The summed E-state index contributed by atoms with van der Waals surface area (Å²) in [7, 11) is 3.30. The molecule has 0 spiro atoms. The van der Waals surface area contributed by atoms with Crippen molar-refractivity contribution in [2.24, 2.45) is 13.0 Å². The fraction of sp³-hybridized carbons (Fsp3) is 0.565. The van der Waals surface area contributed by atoms with Crippen molar-refractivity contribution in [2.45, 2.75) is 44.1 Å². The number of aromatic nitrogens is 3. The van der Waals surface area contributed by atoms with Crippen LogP contribution in [0.25, 0.3) is 0 Å². The maximum atomic E-state index is 13.2. The fourth-order valence-corrected chi connectivity index (χ4v) is 4.97. The minimum atomic E-state index is -0.329. The zero-order valence-electron chi connectivity index (χ0n) is 18.6. The number of rotatable bonds is 5. The number of likely N-dealkylation sites (tertiary alicyclic amines) is 1. The van der Waals surface area contributed by atoms with Gasteiger partial charge in [-0.1, -0.05) is 6.07 Å². The summed E-state index contributed by atoms with van der Waals surface area (Å²) in [6.45, 7) is 1.65. The SMILES string of the molecule is COc1cccc(N2C[C@H](C(=O)N3CCC(c4nn(C)c(=O)n4C4CC4)CC3)CC2=O)c1. The zero-order chi connectivity index (χ0) is 22.4. The van der Waals surface area contributed by atoms with Crippen LogP contribution in [0.15, 0.2) is 29.1 Å². The van der Waals surface area contributed by atoms with E-state index in [0.29, 0.717) is 25.4 Å². The van der Waals surface area contributed by atoms with Gasteiger partial charge in [-0.15, -0.1) is 0 Å². The standard InChI is InChI=1S/C23H29N5O4/c1-25-23(31)28(17-6-7-17)21(24-25)15-8-10-26(11-9-15)22(30)16-12-20(29)27(14-16)18-4-3-5-19(13-18)32-2/h3-5,13,15-17H,6-12,14H2,1-2H3/t16-/m1/s1. The lowest BCUT2D eigenvalue weighted by Gasteiger charge is -2.33. The average Bonchev–Trinajstić information content (AvgIpc) is 3.51. The first-order chi connectivity index (χ1) is 15.5. The summed E-state index contributed by atoms with van der Waals surface area (Å²) in [5.41, 5.74) is 0.722. The highest BCUT2D eigenvalue weighted by Crippen LogP contribution is 2.38. The molecule has 32 heavy (non-hydrogen) atoms. The van der Waals surface area contributed by atoms with Crippen LogP contribution in [0.1, 0.15) is 49.9 Å². The Morgan fingerprint density at radius 2 is 1.88 bits per heavy atom. The van der Waals surface area contributed by atoms with Gasteiger partial charge in [0.25, 0.3) is 0 Å². The number of hydrogen-bond acceptors (Lipinski definition) is 5. The van der Waals surface area contributed by atoms with Crippen LogP contribution in [0.4, 0.5) is 5.69 Å². The molecule has 2 aliphatic heterocycles. The summed E-state index contributed by atoms with van der Waals surface area (Å²) in [6, 6.07) is 7.66. The fourth-order valence-electron chi connectivity index (χ4n) is 4.97. The highest BCUT2D eigenvalue weighted by Gasteiger charge is 2.39. The van der Waals surface area contributed by atoms with Gasteiger partial charge in [-0.3, -0.25) is 14.2 Å². The second-order valence-corrected chi connectivity index (χ2v) is 9.07. The molecule has 1 atom stereocenters. The number of ether oxygens (including phenoxy) is 1. The lowest BCUT2D eigenvalue weighted by Crippen LogP contribution is -2.42. The Hall–Kier alpha value is -3.10. The highest BCUT2D eigenvalue weighted by molar-refractivity contribution is 6.00. The molecule has 3 aliphatic rings. The molecular weight excluding hydrogens is 410 g/mol. The Morgan fingerprint density at radius 1 is 1.12 bits per heavy atom. The number of aryl methyl sites for hydroxylation is 1. The normalized spacial score (nSPS) is 21.9. The van der Waals surface area contributed by atoms with E-state index in [1.807, 2.05) is 33.7 Å². The molecule has 2 aromatic rings. The van der Waals surface area contributed by atoms with Crippen LogP contribution in [0, 0.1) is 5.92 Å². The minimum absolute atomic E-state index is 0.0339. The Bertz CT molecular complexity index is 1090. The van der Waals surface area contributed by atoms with E-state index in [2.05, 4.69) is 5.10 Å². The molecule has 0 unspecified atom stereocenters. The molecule has 1 aliphatic carbocycles. The second-order valence-electron chi connectivity index (χ2n) is 9.07. The third-order valence-electron chi connectivity index (χ3n) is 6.91. The number of nitrogens with zero attached hydrogens (tertiary/aromatic N) is 5. The molecule has 3 fully saturated rings. The molecule has 170 valence electrons. The van der Waals surface area contributed by atoms with Crippen molar-refractivity contribution in [1.82, 2.24) is 19.2 Å². The van der Waals surface area contributed by atoms with E-state index in [0.717, 1.165) is 37.2 Å². The van der Waals surface area contributed by atoms with E-state index in [-0.39, 0.29) is 41.8 Å². The van der Waals surface area contributed by atoms with Crippen molar-refractivity contribution in [3.05, 3.63) is 40.6 Å². The van der Waals surface area contributed by atoms with E-state index in [4.69, 9.17) is 4.74 Å². The van der Waals surface area contributed by atoms with Gasteiger partial charge >= 0.3 is 5.69 Å². The number of hydrogen-bond donors (Lipinski definition) is 0. The zero-order valence-corrected chi connectivity index (χ0v) is 18.6. The third kappa shape index (κ3) is 3.69. The molecule has 1 saturated carbocycles. The number of carbonyl (C=O) groups excluding carboxylic acids is 2. The van der Waals surface area contributed by atoms with Crippen LogP contribution in [-0.4, -0.2) is 57.8 Å². The second kappa shape index (κ2) is 8.11. The molecule has 9 heteroatoms. The first-order valence-electron chi connectivity index (χ1n) is 11.3. The quantitative estimate of drug-likeness (QED) is 0.707. The number of benzene rings is 1. The highest BCUT2D eigenvalue weighted by atomic mass is 16.5. The molecule has 0 bridgehead atoms. The first-order valence-corrected chi connectivity index (χ1v) is 11.3. The van der Waals surface area contributed by atoms with E-state index >= 15 is 0 Å². The molecule has 5 rings (SSSR count). The Balaban J connectivity index is 1.23. The molecule has 1 aromatic carbocycles. The molecule has 0 N–H and O–H groups in total. The number of methoxy groups -OCH3 is 1. The summed E-state index contributed by atoms with van der Waals surface area (Å²) < 4.78 is 8.56. The monoisotopic (exact) mass is 439 g/mol. The summed E-state index contributed by atoms with van der Waals surface area (Å²) in [6.07, 6.45) is 3.88. The van der Waals surface area contributed by atoms with Crippen LogP contribution in [0.2, 0.25) is 0 Å². The van der Waals surface area contributed by atoms with Gasteiger partial charge in [0, 0.05) is 56.8 Å². The van der Waals surface area contributed by atoms with Crippen molar-refractivity contribution < 1.29 is 14.3 Å². The van der Waals surface area contributed by atoms with Crippen LogP contribution in [-0.2, 0) is 16.6 Å². The average molecular weight is 440 g/mol. The number of carbonyl (C=O) groups is 2. The molecule has 2 amide bonds. The number of piperidine rings is 1. The summed E-state index contributed by atoms with van der Waals surface area (Å²) in [4.78, 5) is 41.8. The Morgan fingerprint density at radius 3 is 2.56 bits per heavy atom. The van der Waals surface area contributed by atoms with Crippen molar-refractivity contribution >= 4 is 17.5 Å². The Labute approximate surface area is 186 Å². The van der Waals surface area contributed by atoms with E-state index in [1.165, 1.54) is 4.68 Å². The largest absolute Gasteiger partial charge is 0.497 e. The number of anilines is 1. The van der Waals surface area contributed by atoms with E-state index < -0.39 is 0 Å². The Kier molecular flexibility index (Phi) is 5.27. The lowest BCUT2D eigenvalue weighted by molar-refractivity contribution is -0.136. The minimum Gasteiger partial charge on any atom is -0.497 e. The topological polar surface area (TPSA) is 89.7 Å². The molecule has 1 aromatic heterocycles. The number of amides is 2. The van der Waals surface area contributed by atoms with E-state index in [1.54, 1.807) is 19.1 Å². The van der Waals surface area contributed by atoms with Gasteiger partial charge in [0.05, 0.1) is 13.0 Å². The lowest BCUT2D eigenvalue weighted by atomic mass is 9.94. The molecule has 9 nitrogen and oxygen atoms in total. The van der Waals surface area contributed by atoms with Gasteiger partial charge < -0.3 is 14.5 Å². The molecular formula is C23H29N5O4. The summed E-state index contributed by atoms with van der Waals surface area (Å²) in [5.74, 6) is 1.42. The maximum absolute atomic E-state index is 13.2. The van der Waals surface area contributed by atoms with Gasteiger partial charge in [0.15, 0.2) is 0 Å². The molecule has 2 saturated heterocycles. The van der Waals surface area contributed by atoms with Crippen molar-refractivity contribution in [1.29, 1.82) is 0 Å². The van der Waals surface area contributed by atoms with Crippen LogP contribution < -0.4 is 15.3 Å². The van der Waals surface area contributed by atoms with Gasteiger partial charge in [-0.2, -0.15) is 5.10 Å². The summed E-state index contributed by atoms with van der Waals surface area (Å²) >= 11 is 0. The van der Waals surface area contributed by atoms with Crippen LogP contribution in [0.5, 0.6) is 5.75 Å². The van der Waals surface area contributed by atoms with Gasteiger partial charge in [-0.05, 0) is 37.8 Å². The van der Waals surface area contributed by atoms with Crippen molar-refractivity contribution in [3.8, 4) is 5.75 Å². The van der Waals surface area contributed by atoms with Crippen LogP contribution in [0.3, 0.4) is 0 Å². The predicted octanol–water partition coefficient (Wildman–Crippen LogP) is 1.68. The first kappa shape index (κ1) is 20.8. The maximum Gasteiger partial charge on any atom is 0.345 e. The van der Waals surface area contributed by atoms with Gasteiger partial charge in [0.2, 0.25) is 11.8 Å². The van der Waals surface area contributed by atoms with E-state index in [9.17, 15) is 14.4 Å². The van der Waals surface area contributed by atoms with Crippen molar-refractivity contribution in [2.75, 3.05) is 31.6 Å². The third-order valence-corrected chi connectivity index (χ3v) is 6.91. The molecule has 0 radical (unpaired) electrons. The van der Waals surface area contributed by atoms with Gasteiger partial charge in [-0.25, -0.2) is 9.48 Å². The molecule has 3 heterocycles. The van der Waals surface area contributed by atoms with Crippen LogP contribution >= 0.6 is 0 Å². The predicted molar refractivity (Wildman–Crippen MR) is 118 cm³/mol. The summed E-state index contributed by atoms with van der Waals surface area (Å²) in [5, 5.41) is 4.51. The van der Waals surface area contributed by atoms with Crippen molar-refractivity contribution in [3.63, 3.8) is 0 Å². The van der Waals surface area contributed by atoms with Gasteiger partial charge in [0.1, 0.15) is 11.6 Å². The smallest absolute Gasteiger partial charge is 0.345 e.